The van der Waals surface area contributed by atoms with Gasteiger partial charge in [0, 0.05) is 48.6 Å². The maximum absolute atomic E-state index is 15.4. The number of carbonyl (C=O) groups excluding carboxylic acids is 4. The molecule has 0 spiro atoms. The van der Waals surface area contributed by atoms with Crippen LogP contribution < -0.4 is 21.3 Å². The summed E-state index contributed by atoms with van der Waals surface area (Å²) in [7, 11) is 3.32. The fraction of sp³-hybridized carbons (Fsp3) is 0.548. The Labute approximate surface area is 336 Å². The number of aromatic amines is 1. The number of rotatable bonds is 15. The van der Waals surface area contributed by atoms with E-state index in [2.05, 4.69) is 26.3 Å². The summed E-state index contributed by atoms with van der Waals surface area (Å²) in [6.45, 7) is 9.60. The van der Waals surface area contributed by atoms with Gasteiger partial charge in [-0.3, -0.25) is 19.2 Å². The van der Waals surface area contributed by atoms with Crippen LogP contribution in [0.4, 0.5) is 13.2 Å². The van der Waals surface area contributed by atoms with Crippen LogP contribution in [0.25, 0.3) is 33.5 Å². The number of hydrogen-bond acceptors (Lipinski definition) is 7. The van der Waals surface area contributed by atoms with Crippen molar-refractivity contribution in [3.05, 3.63) is 53.6 Å². The molecule has 4 amide bonds. The third kappa shape index (κ3) is 8.72. The molecule has 4 aromatic rings. The fourth-order valence-corrected chi connectivity index (χ4v) is 8.26. The highest BCUT2D eigenvalue weighted by molar-refractivity contribution is 5.93. The highest BCUT2D eigenvalue weighted by Crippen LogP contribution is 2.37. The summed E-state index contributed by atoms with van der Waals surface area (Å²) in [5, 5.41) is 12.2. The van der Waals surface area contributed by atoms with Crippen molar-refractivity contribution in [1.29, 1.82) is 0 Å². The topological polar surface area (TPSA) is 156 Å². The molecule has 7 atom stereocenters. The molecule has 6 rings (SSSR count). The summed E-state index contributed by atoms with van der Waals surface area (Å²) < 4.78 is 46.8. The van der Waals surface area contributed by atoms with Crippen molar-refractivity contribution in [2.45, 2.75) is 116 Å². The minimum absolute atomic E-state index is 0.0533. The van der Waals surface area contributed by atoms with Gasteiger partial charge in [0.1, 0.15) is 29.9 Å². The Hall–Kier alpha value is -4.96. The summed E-state index contributed by atoms with van der Waals surface area (Å²) >= 11 is 0. The van der Waals surface area contributed by atoms with E-state index in [1.54, 1.807) is 51.9 Å². The van der Waals surface area contributed by atoms with Gasteiger partial charge in [0.15, 0.2) is 5.82 Å². The lowest BCUT2D eigenvalue weighted by Crippen LogP contribution is -2.55. The molecular weight excluding hydrogens is 752 g/mol. The number of alkyl halides is 1. The number of aromatic nitrogens is 3. The highest BCUT2D eigenvalue weighted by Gasteiger charge is 2.40. The Morgan fingerprint density at radius 3 is 2.24 bits per heavy atom. The van der Waals surface area contributed by atoms with Crippen molar-refractivity contribution >= 4 is 45.6 Å². The zero-order chi connectivity index (χ0) is 42.0. The molecule has 0 bridgehead atoms. The monoisotopic (exact) mass is 807 g/mol. The molecule has 2 aliphatic heterocycles. The number of H-pyrrole nitrogens is 1. The Bertz CT molecular complexity index is 2150. The number of hydrogen-bond donors (Lipinski definition) is 5. The predicted molar refractivity (Wildman–Crippen MR) is 216 cm³/mol. The molecule has 0 unspecified atom stereocenters. The van der Waals surface area contributed by atoms with Crippen molar-refractivity contribution in [3.63, 3.8) is 0 Å². The second-order valence-electron chi connectivity index (χ2n) is 16.1. The van der Waals surface area contributed by atoms with E-state index in [-0.39, 0.29) is 61.5 Å². The van der Waals surface area contributed by atoms with Crippen LogP contribution in [-0.4, -0.2) is 118 Å². The second kappa shape index (κ2) is 17.9. The van der Waals surface area contributed by atoms with Crippen LogP contribution in [0, 0.1) is 17.6 Å². The predicted octanol–water partition coefficient (Wildman–Crippen LogP) is 4.19. The molecule has 0 saturated carbocycles. The van der Waals surface area contributed by atoms with Gasteiger partial charge in [-0.15, -0.1) is 0 Å². The van der Waals surface area contributed by atoms with E-state index in [1.807, 2.05) is 18.4 Å². The van der Waals surface area contributed by atoms with Crippen molar-refractivity contribution in [2.24, 2.45) is 5.92 Å². The maximum atomic E-state index is 15.4. The number of likely N-dealkylation sites (tertiary alicyclic amines) is 2. The number of amides is 4. The summed E-state index contributed by atoms with van der Waals surface area (Å²) in [5.74, 6) is -1.94. The lowest BCUT2D eigenvalue weighted by molar-refractivity contribution is -0.139. The van der Waals surface area contributed by atoms with Crippen molar-refractivity contribution < 1.29 is 32.3 Å². The van der Waals surface area contributed by atoms with E-state index in [9.17, 15) is 28.0 Å². The molecular formula is C42H56F3N9O4. The number of nitrogens with zero attached hydrogens (tertiary/aromatic N) is 4. The van der Waals surface area contributed by atoms with Crippen LogP contribution in [0.15, 0.2) is 36.4 Å². The molecule has 2 aromatic heterocycles. The second-order valence-corrected chi connectivity index (χ2v) is 16.1. The first-order valence-electron chi connectivity index (χ1n) is 20.3. The normalized spacial score (nSPS) is 20.5. The van der Waals surface area contributed by atoms with E-state index in [4.69, 9.17) is 4.98 Å². The molecule has 4 heterocycles. The van der Waals surface area contributed by atoms with E-state index in [0.29, 0.717) is 58.4 Å². The summed E-state index contributed by atoms with van der Waals surface area (Å²) in [6, 6.07) is 5.11. The molecule has 5 N–H and O–H groups in total. The van der Waals surface area contributed by atoms with Crippen LogP contribution >= 0.6 is 0 Å². The molecule has 2 aromatic carbocycles. The lowest BCUT2D eigenvalue weighted by atomic mass is 9.99. The van der Waals surface area contributed by atoms with Crippen molar-refractivity contribution in [2.75, 3.05) is 27.2 Å². The average Bonchev–Trinajstić information content (AvgIpc) is 3.98. The lowest BCUT2D eigenvalue weighted by Gasteiger charge is -2.32. The first-order valence-corrected chi connectivity index (χ1v) is 20.3. The molecule has 58 heavy (non-hydrogen) atoms. The fourth-order valence-electron chi connectivity index (χ4n) is 8.26. The van der Waals surface area contributed by atoms with Gasteiger partial charge in [0.05, 0.1) is 35.4 Å². The Morgan fingerprint density at radius 1 is 0.897 bits per heavy atom. The first kappa shape index (κ1) is 42.6. The van der Waals surface area contributed by atoms with Gasteiger partial charge in [-0.1, -0.05) is 20.8 Å². The molecule has 2 fully saturated rings. The SMILES string of the molecule is CC[C@H](NC(=O)[C@H](C)NC)C(=O)N1C[C@@H](F)C[C@H]1Cc1c(-c2nc3cc(F)ccc3n2C[C@@H]2CCCN2C(=O)[C@@H](NC(=O)[C@H](C)NC)C(C)C)[nH]c2cc(F)ccc12. The van der Waals surface area contributed by atoms with E-state index in [0.717, 1.165) is 6.42 Å². The zero-order valence-electron chi connectivity index (χ0n) is 34.3. The van der Waals surface area contributed by atoms with Gasteiger partial charge < -0.3 is 40.6 Å². The molecule has 13 nitrogen and oxygen atoms in total. The third-order valence-electron chi connectivity index (χ3n) is 11.8. The van der Waals surface area contributed by atoms with Crippen LogP contribution in [0.3, 0.4) is 0 Å². The Kier molecular flexibility index (Phi) is 13.2. The average molecular weight is 808 g/mol. The van der Waals surface area contributed by atoms with Gasteiger partial charge in [-0.25, -0.2) is 18.2 Å². The summed E-state index contributed by atoms with van der Waals surface area (Å²) in [4.78, 5) is 65.5. The molecule has 0 radical (unpaired) electrons. The third-order valence-corrected chi connectivity index (χ3v) is 11.8. The van der Waals surface area contributed by atoms with Crippen molar-refractivity contribution in [3.8, 4) is 11.5 Å². The molecule has 2 saturated heterocycles. The molecule has 314 valence electrons. The minimum atomic E-state index is -1.30. The van der Waals surface area contributed by atoms with Gasteiger partial charge in [-0.05, 0) is 95.4 Å². The maximum Gasteiger partial charge on any atom is 0.245 e. The number of likely N-dealkylation sites (N-methyl/N-ethyl adjacent to an activating group) is 2. The van der Waals surface area contributed by atoms with E-state index in [1.165, 1.54) is 29.2 Å². The van der Waals surface area contributed by atoms with Crippen LogP contribution in [0.1, 0.15) is 65.9 Å². The number of fused-ring (bicyclic) bond motifs is 2. The van der Waals surface area contributed by atoms with Gasteiger partial charge in [0.25, 0.3) is 0 Å². The summed E-state index contributed by atoms with van der Waals surface area (Å²) in [5.41, 5.74) is 2.62. The van der Waals surface area contributed by atoms with Crippen LogP contribution in [0.2, 0.25) is 0 Å². The minimum Gasteiger partial charge on any atom is -0.352 e. The number of imidazole rings is 1. The largest absolute Gasteiger partial charge is 0.352 e. The van der Waals surface area contributed by atoms with Gasteiger partial charge in [-0.2, -0.15) is 0 Å². The molecule has 0 aliphatic carbocycles. The number of halogens is 3. The van der Waals surface area contributed by atoms with E-state index < -0.39 is 48.0 Å². The van der Waals surface area contributed by atoms with Gasteiger partial charge >= 0.3 is 0 Å². The Balaban J connectivity index is 1.39. The highest BCUT2D eigenvalue weighted by atomic mass is 19.1. The standard InChI is InChI=1S/C42H56F3N9O4/c1-8-32(50-39(55)23(4)46-6)41(57)53-20-27(45)16-29(53)19-31-30-13-11-25(43)17-33(30)48-37(31)38-49-34-18-26(44)12-14-35(34)54(38)21-28-10-9-15-52(28)42(58)36(22(2)3)51-40(56)24(5)47-7/h11-14,17-18,22-24,27-29,32,36,46-48H,8-10,15-16,19-21H2,1-7H3,(H,50,55)(H,51,56)/t23-,24-,27-,28-,29-,32-,36-/m0/s1. The van der Waals surface area contributed by atoms with Crippen molar-refractivity contribution in [1.82, 2.24) is 45.6 Å². The number of benzene rings is 2. The van der Waals surface area contributed by atoms with Crippen LogP contribution in [0.5, 0.6) is 0 Å². The Morgan fingerprint density at radius 2 is 1.57 bits per heavy atom. The van der Waals surface area contributed by atoms with E-state index >= 15 is 4.39 Å². The zero-order valence-corrected chi connectivity index (χ0v) is 34.3. The summed E-state index contributed by atoms with van der Waals surface area (Å²) in [6.07, 6.45) is 0.637. The quantitative estimate of drug-likeness (QED) is 0.121. The molecule has 2 aliphatic rings. The number of nitrogens with one attached hydrogen (secondary N) is 5. The van der Waals surface area contributed by atoms with Gasteiger partial charge in [0.2, 0.25) is 23.6 Å². The van der Waals surface area contributed by atoms with Crippen LogP contribution in [-0.2, 0) is 32.1 Å². The first-order chi connectivity index (χ1) is 27.6. The molecule has 16 heteroatoms. The number of carbonyl (C=O) groups is 4. The smallest absolute Gasteiger partial charge is 0.245 e.